The van der Waals surface area contributed by atoms with Crippen LogP contribution in [0.25, 0.3) is 11.3 Å². The highest BCUT2D eigenvalue weighted by atomic mass is 16.6. The summed E-state index contributed by atoms with van der Waals surface area (Å²) < 4.78 is 22.8. The molecule has 8 nitrogen and oxygen atoms in total. The fourth-order valence-corrected chi connectivity index (χ4v) is 4.52. The van der Waals surface area contributed by atoms with Gasteiger partial charge in [-0.1, -0.05) is 36.4 Å². The van der Waals surface area contributed by atoms with E-state index in [1.807, 2.05) is 54.6 Å². The van der Waals surface area contributed by atoms with Gasteiger partial charge >= 0.3 is 5.97 Å². The third-order valence-electron chi connectivity index (χ3n) is 6.51. The summed E-state index contributed by atoms with van der Waals surface area (Å²) in [5.41, 5.74) is 2.77. The fraction of sp³-hybridized carbons (Fsp3) is 0.273. The molecule has 0 spiro atoms. The van der Waals surface area contributed by atoms with Crippen LogP contribution in [-0.4, -0.2) is 43.8 Å². The standard InChI is InChI=1S/C33H34N2O6/c1-33(2,3)41-32(37)26-13-11-24(29-10-7-17-39-29)20-28(26)34-31(36)27-21-25(35-15-18-38-19-16-35)12-14-30(27)40-22-23-8-5-4-6-9-23/h4-14,17,20-21H,15-16,18-19,22H2,1-3H3,(H,34,36). The topological polar surface area (TPSA) is 90.2 Å². The van der Waals surface area contributed by atoms with Crippen LogP contribution in [0, 0.1) is 0 Å². The Morgan fingerprint density at radius 1 is 0.902 bits per heavy atom. The monoisotopic (exact) mass is 554 g/mol. The van der Waals surface area contributed by atoms with Crippen molar-refractivity contribution in [1.29, 1.82) is 0 Å². The molecule has 3 aromatic carbocycles. The van der Waals surface area contributed by atoms with E-state index < -0.39 is 17.5 Å². The second-order valence-electron chi connectivity index (χ2n) is 10.7. The summed E-state index contributed by atoms with van der Waals surface area (Å²) in [4.78, 5) is 29.2. The first kappa shape index (κ1) is 28.0. The maximum atomic E-state index is 13.9. The first-order valence-corrected chi connectivity index (χ1v) is 13.6. The second kappa shape index (κ2) is 12.3. The Morgan fingerprint density at radius 2 is 1.68 bits per heavy atom. The van der Waals surface area contributed by atoms with E-state index >= 15 is 0 Å². The quantitative estimate of drug-likeness (QED) is 0.246. The molecule has 0 bridgehead atoms. The van der Waals surface area contributed by atoms with Crippen molar-refractivity contribution in [3.63, 3.8) is 0 Å². The Balaban J connectivity index is 1.49. The van der Waals surface area contributed by atoms with E-state index in [0.717, 1.165) is 24.3 Å². The van der Waals surface area contributed by atoms with Gasteiger partial charge in [0.2, 0.25) is 0 Å². The highest BCUT2D eigenvalue weighted by molar-refractivity contribution is 6.10. The van der Waals surface area contributed by atoms with Gasteiger partial charge in [0.05, 0.1) is 36.3 Å². The second-order valence-corrected chi connectivity index (χ2v) is 10.7. The van der Waals surface area contributed by atoms with E-state index in [9.17, 15) is 9.59 Å². The van der Waals surface area contributed by atoms with Crippen LogP contribution in [0.2, 0.25) is 0 Å². The van der Waals surface area contributed by atoms with E-state index in [1.54, 1.807) is 51.3 Å². The molecule has 0 aliphatic carbocycles. The molecule has 0 unspecified atom stereocenters. The molecule has 4 aromatic rings. The van der Waals surface area contributed by atoms with Crippen LogP contribution in [0.4, 0.5) is 11.4 Å². The van der Waals surface area contributed by atoms with E-state index in [0.29, 0.717) is 48.1 Å². The molecule has 212 valence electrons. The molecule has 1 aliphatic heterocycles. The number of carbonyl (C=O) groups excluding carboxylic acids is 2. The molecule has 8 heteroatoms. The Kier molecular flexibility index (Phi) is 8.40. The molecular weight excluding hydrogens is 520 g/mol. The number of benzene rings is 3. The molecular formula is C33H34N2O6. The van der Waals surface area contributed by atoms with Crippen LogP contribution >= 0.6 is 0 Å². The summed E-state index contributed by atoms with van der Waals surface area (Å²) in [7, 11) is 0. The van der Waals surface area contributed by atoms with Crippen molar-refractivity contribution in [2.45, 2.75) is 33.0 Å². The third-order valence-corrected chi connectivity index (χ3v) is 6.51. The van der Waals surface area contributed by atoms with Crippen molar-refractivity contribution in [2.75, 3.05) is 36.5 Å². The van der Waals surface area contributed by atoms with Crippen LogP contribution in [-0.2, 0) is 16.1 Å². The lowest BCUT2D eigenvalue weighted by Gasteiger charge is -2.29. The zero-order valence-corrected chi connectivity index (χ0v) is 23.5. The van der Waals surface area contributed by atoms with Crippen LogP contribution in [0.15, 0.2) is 89.5 Å². The summed E-state index contributed by atoms with van der Waals surface area (Å²) >= 11 is 0. The summed E-state index contributed by atoms with van der Waals surface area (Å²) in [5.74, 6) is 0.0905. The zero-order chi connectivity index (χ0) is 28.8. The molecule has 5 rings (SSSR count). The summed E-state index contributed by atoms with van der Waals surface area (Å²) in [6, 6.07) is 24.1. The van der Waals surface area contributed by atoms with Crippen molar-refractivity contribution in [1.82, 2.24) is 0 Å². The molecule has 1 aromatic heterocycles. The molecule has 1 N–H and O–H groups in total. The van der Waals surface area contributed by atoms with Crippen molar-refractivity contribution < 1.29 is 28.2 Å². The average Bonchev–Trinajstić information content (AvgIpc) is 3.51. The number of carbonyl (C=O) groups is 2. The summed E-state index contributed by atoms with van der Waals surface area (Å²) in [5, 5.41) is 2.96. The molecule has 1 fully saturated rings. The smallest absolute Gasteiger partial charge is 0.340 e. The highest BCUT2D eigenvalue weighted by Crippen LogP contribution is 2.31. The minimum absolute atomic E-state index is 0.236. The lowest BCUT2D eigenvalue weighted by atomic mass is 10.1. The van der Waals surface area contributed by atoms with Crippen LogP contribution < -0.4 is 15.0 Å². The van der Waals surface area contributed by atoms with Gasteiger partial charge in [-0.05, 0) is 68.8 Å². The molecule has 2 heterocycles. The number of rotatable bonds is 8. The first-order valence-electron chi connectivity index (χ1n) is 13.6. The predicted molar refractivity (Wildman–Crippen MR) is 158 cm³/mol. The number of anilines is 2. The van der Waals surface area contributed by atoms with Gasteiger partial charge in [-0.3, -0.25) is 4.79 Å². The summed E-state index contributed by atoms with van der Waals surface area (Å²) in [6.45, 7) is 8.38. The van der Waals surface area contributed by atoms with E-state index in [4.69, 9.17) is 18.6 Å². The molecule has 1 saturated heterocycles. The minimum atomic E-state index is -0.705. The average molecular weight is 555 g/mol. The van der Waals surface area contributed by atoms with Crippen LogP contribution in [0.5, 0.6) is 5.75 Å². The van der Waals surface area contributed by atoms with Gasteiger partial charge in [0.15, 0.2) is 0 Å². The maximum absolute atomic E-state index is 13.9. The number of amides is 1. The van der Waals surface area contributed by atoms with Crippen LogP contribution in [0.1, 0.15) is 47.1 Å². The molecule has 41 heavy (non-hydrogen) atoms. The zero-order valence-electron chi connectivity index (χ0n) is 23.5. The fourth-order valence-electron chi connectivity index (χ4n) is 4.52. The number of nitrogens with one attached hydrogen (secondary N) is 1. The molecule has 0 radical (unpaired) electrons. The van der Waals surface area contributed by atoms with Crippen molar-refractivity contribution in [2.24, 2.45) is 0 Å². The Labute approximate surface area is 239 Å². The van der Waals surface area contributed by atoms with Gasteiger partial charge in [0.1, 0.15) is 23.7 Å². The van der Waals surface area contributed by atoms with E-state index in [-0.39, 0.29) is 5.56 Å². The molecule has 0 atom stereocenters. The number of hydrogen-bond acceptors (Lipinski definition) is 7. The lowest BCUT2D eigenvalue weighted by Crippen LogP contribution is -2.36. The van der Waals surface area contributed by atoms with Gasteiger partial charge in [-0.25, -0.2) is 4.79 Å². The van der Waals surface area contributed by atoms with Gasteiger partial charge in [-0.2, -0.15) is 0 Å². The maximum Gasteiger partial charge on any atom is 0.340 e. The van der Waals surface area contributed by atoms with E-state index in [1.165, 1.54) is 0 Å². The number of hydrogen-bond donors (Lipinski definition) is 1. The minimum Gasteiger partial charge on any atom is -0.488 e. The lowest BCUT2D eigenvalue weighted by molar-refractivity contribution is 0.00707. The van der Waals surface area contributed by atoms with Gasteiger partial charge in [0, 0.05) is 24.3 Å². The number of nitrogens with zero attached hydrogens (tertiary/aromatic N) is 1. The van der Waals surface area contributed by atoms with E-state index in [2.05, 4.69) is 10.2 Å². The predicted octanol–water partition coefficient (Wildman–Crippen LogP) is 6.57. The normalized spacial score (nSPS) is 13.5. The largest absolute Gasteiger partial charge is 0.488 e. The molecule has 0 saturated carbocycles. The van der Waals surface area contributed by atoms with Crippen molar-refractivity contribution in [3.8, 4) is 17.1 Å². The Morgan fingerprint density at radius 3 is 2.39 bits per heavy atom. The van der Waals surface area contributed by atoms with Crippen molar-refractivity contribution >= 4 is 23.3 Å². The highest BCUT2D eigenvalue weighted by Gasteiger charge is 2.24. The first-order chi connectivity index (χ1) is 19.8. The Bertz CT molecular complexity index is 1490. The van der Waals surface area contributed by atoms with Gasteiger partial charge in [-0.15, -0.1) is 0 Å². The number of furan rings is 1. The van der Waals surface area contributed by atoms with Crippen molar-refractivity contribution in [3.05, 3.63) is 102 Å². The Hall–Kier alpha value is -4.56. The molecule has 1 aliphatic rings. The van der Waals surface area contributed by atoms with Gasteiger partial charge in [0.25, 0.3) is 5.91 Å². The summed E-state index contributed by atoms with van der Waals surface area (Å²) in [6.07, 6.45) is 1.57. The number of morpholine rings is 1. The third kappa shape index (κ3) is 7.15. The molecule has 1 amide bonds. The number of ether oxygens (including phenoxy) is 3. The SMILES string of the molecule is CC(C)(C)OC(=O)c1ccc(-c2ccco2)cc1NC(=O)c1cc(N2CCOCC2)ccc1OCc1ccccc1. The van der Waals surface area contributed by atoms with Gasteiger partial charge < -0.3 is 28.8 Å². The van der Waals surface area contributed by atoms with Crippen LogP contribution in [0.3, 0.4) is 0 Å². The number of esters is 1.